The lowest BCUT2D eigenvalue weighted by Crippen LogP contribution is -2.47. The van der Waals surface area contributed by atoms with Crippen LogP contribution in [0.15, 0.2) is 33.7 Å². The van der Waals surface area contributed by atoms with Crippen molar-refractivity contribution in [3.05, 3.63) is 35.5 Å². The highest BCUT2D eigenvalue weighted by atomic mass is 32.2. The molecular formula is C21H28N4O2S. The number of thioether (sulfide) groups is 1. The summed E-state index contributed by atoms with van der Waals surface area (Å²) in [6, 6.07) is 8.10. The number of aromatic nitrogens is 1. The lowest BCUT2D eigenvalue weighted by molar-refractivity contribution is 0.0938. The van der Waals surface area contributed by atoms with Gasteiger partial charge in [-0.1, -0.05) is 24.2 Å². The molecule has 2 aliphatic heterocycles. The highest BCUT2D eigenvalue weighted by Gasteiger charge is 2.27. The standard InChI is InChI=1S/C21H28N4O2S/c1-2-9-24-11-13-25(14-12-24)10-5-8-22-21(26)19-17-15-28-18-7-4-3-6-16(18)20(17)27-23-19/h3-4,6-7H,2,5,8-15H2,1H3,(H,22,26). The number of nitrogens with zero attached hydrogens (tertiary/aromatic N) is 3. The molecule has 1 aromatic heterocycles. The summed E-state index contributed by atoms with van der Waals surface area (Å²) in [4.78, 5) is 18.8. The molecule has 1 aromatic carbocycles. The van der Waals surface area contributed by atoms with Gasteiger partial charge in [-0.3, -0.25) is 4.79 Å². The average molecular weight is 401 g/mol. The van der Waals surface area contributed by atoms with Gasteiger partial charge >= 0.3 is 0 Å². The van der Waals surface area contributed by atoms with Crippen molar-refractivity contribution < 1.29 is 9.32 Å². The molecule has 28 heavy (non-hydrogen) atoms. The first-order valence-electron chi connectivity index (χ1n) is 10.2. The maximum atomic E-state index is 12.6. The van der Waals surface area contributed by atoms with E-state index >= 15 is 0 Å². The second-order valence-electron chi connectivity index (χ2n) is 7.42. The fourth-order valence-corrected chi connectivity index (χ4v) is 4.96. The van der Waals surface area contributed by atoms with Crippen LogP contribution in [0.4, 0.5) is 0 Å². The van der Waals surface area contributed by atoms with E-state index in [1.807, 2.05) is 18.2 Å². The molecule has 0 aliphatic carbocycles. The van der Waals surface area contributed by atoms with Gasteiger partial charge in [0.15, 0.2) is 11.5 Å². The van der Waals surface area contributed by atoms with Crippen LogP contribution in [0.1, 0.15) is 35.8 Å². The normalized spacial score (nSPS) is 17.2. The van der Waals surface area contributed by atoms with Gasteiger partial charge in [-0.2, -0.15) is 0 Å². The Hall–Kier alpha value is -1.83. The largest absolute Gasteiger partial charge is 0.355 e. The van der Waals surface area contributed by atoms with Gasteiger partial charge in [-0.15, -0.1) is 11.8 Å². The van der Waals surface area contributed by atoms with Gasteiger partial charge in [0.25, 0.3) is 5.91 Å². The lowest BCUT2D eigenvalue weighted by atomic mass is 10.1. The predicted octanol–water partition coefficient (Wildman–Crippen LogP) is 3.09. The number of nitrogens with one attached hydrogen (secondary N) is 1. The zero-order valence-electron chi connectivity index (χ0n) is 16.4. The molecule has 6 nitrogen and oxygen atoms in total. The van der Waals surface area contributed by atoms with E-state index in [2.05, 4.69) is 33.3 Å². The second kappa shape index (κ2) is 9.11. The molecular weight excluding hydrogens is 372 g/mol. The van der Waals surface area contributed by atoms with Gasteiger partial charge < -0.3 is 19.6 Å². The zero-order valence-corrected chi connectivity index (χ0v) is 17.3. The number of fused-ring (bicyclic) bond motifs is 3. The second-order valence-corrected chi connectivity index (χ2v) is 8.43. The summed E-state index contributed by atoms with van der Waals surface area (Å²) in [5.41, 5.74) is 2.38. The summed E-state index contributed by atoms with van der Waals surface area (Å²) in [6.07, 6.45) is 2.18. The van der Waals surface area contributed by atoms with Crippen molar-refractivity contribution in [2.24, 2.45) is 0 Å². The molecule has 0 spiro atoms. The number of rotatable bonds is 7. The monoisotopic (exact) mass is 400 g/mol. The summed E-state index contributed by atoms with van der Waals surface area (Å²) >= 11 is 1.73. The molecule has 0 atom stereocenters. The molecule has 1 N–H and O–H groups in total. The van der Waals surface area contributed by atoms with Crippen LogP contribution in [-0.2, 0) is 5.75 Å². The zero-order chi connectivity index (χ0) is 19.3. The quantitative estimate of drug-likeness (QED) is 0.721. The Labute approximate surface area is 170 Å². The van der Waals surface area contributed by atoms with E-state index in [1.165, 1.54) is 17.9 Å². The number of piperazine rings is 1. The van der Waals surface area contributed by atoms with Crippen LogP contribution in [0, 0.1) is 0 Å². The first kappa shape index (κ1) is 19.5. The Morgan fingerprint density at radius 2 is 1.93 bits per heavy atom. The summed E-state index contributed by atoms with van der Waals surface area (Å²) in [5.74, 6) is 1.34. The highest BCUT2D eigenvalue weighted by molar-refractivity contribution is 7.98. The van der Waals surface area contributed by atoms with Crippen LogP contribution in [0.25, 0.3) is 11.3 Å². The molecule has 150 valence electrons. The third kappa shape index (κ3) is 4.26. The van der Waals surface area contributed by atoms with Crippen molar-refractivity contribution in [1.82, 2.24) is 20.3 Å². The summed E-state index contributed by atoms with van der Waals surface area (Å²) < 4.78 is 5.53. The molecule has 0 saturated carbocycles. The Morgan fingerprint density at radius 1 is 1.18 bits per heavy atom. The average Bonchev–Trinajstić information content (AvgIpc) is 3.17. The minimum atomic E-state index is -0.127. The number of carbonyl (C=O) groups excluding carboxylic acids is 1. The fraction of sp³-hybridized carbons (Fsp3) is 0.524. The molecule has 2 aliphatic rings. The SMILES string of the molecule is CCCN1CCN(CCCNC(=O)c2noc3c2CSc2ccccc2-3)CC1. The van der Waals surface area contributed by atoms with Gasteiger partial charge in [-0.05, 0) is 38.1 Å². The van der Waals surface area contributed by atoms with Crippen molar-refractivity contribution in [3.8, 4) is 11.3 Å². The van der Waals surface area contributed by atoms with Crippen LogP contribution in [0.3, 0.4) is 0 Å². The number of carbonyl (C=O) groups is 1. The Kier molecular flexibility index (Phi) is 6.34. The summed E-state index contributed by atoms with van der Waals surface area (Å²) in [5, 5.41) is 7.09. The molecule has 1 amide bonds. The van der Waals surface area contributed by atoms with E-state index in [9.17, 15) is 4.79 Å². The topological polar surface area (TPSA) is 61.6 Å². The van der Waals surface area contributed by atoms with Crippen LogP contribution in [-0.4, -0.2) is 66.7 Å². The minimum Gasteiger partial charge on any atom is -0.355 e. The van der Waals surface area contributed by atoms with Gasteiger partial charge in [-0.25, -0.2) is 0 Å². The Morgan fingerprint density at radius 3 is 2.71 bits per heavy atom. The van der Waals surface area contributed by atoms with E-state index < -0.39 is 0 Å². The minimum absolute atomic E-state index is 0.127. The first-order valence-corrected chi connectivity index (χ1v) is 11.2. The third-order valence-corrected chi connectivity index (χ3v) is 6.55. The van der Waals surface area contributed by atoms with Crippen LogP contribution >= 0.6 is 11.8 Å². The third-order valence-electron chi connectivity index (χ3n) is 5.45. The van der Waals surface area contributed by atoms with E-state index in [0.29, 0.717) is 12.2 Å². The van der Waals surface area contributed by atoms with Crippen molar-refractivity contribution in [3.63, 3.8) is 0 Å². The molecule has 1 fully saturated rings. The van der Waals surface area contributed by atoms with Crippen LogP contribution in [0.2, 0.25) is 0 Å². The lowest BCUT2D eigenvalue weighted by Gasteiger charge is -2.34. The molecule has 3 heterocycles. The van der Waals surface area contributed by atoms with E-state index in [0.717, 1.165) is 61.8 Å². The maximum Gasteiger partial charge on any atom is 0.273 e. The molecule has 1 saturated heterocycles. The van der Waals surface area contributed by atoms with Crippen LogP contribution in [0.5, 0.6) is 0 Å². The highest BCUT2D eigenvalue weighted by Crippen LogP contribution is 2.42. The fourth-order valence-electron chi connectivity index (χ4n) is 3.90. The van der Waals surface area contributed by atoms with E-state index in [4.69, 9.17) is 4.52 Å². The number of hydrogen-bond acceptors (Lipinski definition) is 6. The molecule has 0 unspecified atom stereocenters. The van der Waals surface area contributed by atoms with Gasteiger partial charge in [0.2, 0.25) is 0 Å². The van der Waals surface area contributed by atoms with Crippen molar-refractivity contribution in [2.75, 3.05) is 45.8 Å². The van der Waals surface area contributed by atoms with Gasteiger partial charge in [0.1, 0.15) is 0 Å². The molecule has 7 heteroatoms. The predicted molar refractivity (Wildman–Crippen MR) is 112 cm³/mol. The van der Waals surface area contributed by atoms with E-state index in [-0.39, 0.29) is 5.91 Å². The van der Waals surface area contributed by atoms with E-state index in [1.54, 1.807) is 11.8 Å². The van der Waals surface area contributed by atoms with Gasteiger partial charge in [0.05, 0.1) is 0 Å². The van der Waals surface area contributed by atoms with Crippen molar-refractivity contribution in [1.29, 1.82) is 0 Å². The number of hydrogen-bond donors (Lipinski definition) is 1. The van der Waals surface area contributed by atoms with Crippen molar-refractivity contribution >= 4 is 17.7 Å². The summed E-state index contributed by atoms with van der Waals surface area (Å²) in [7, 11) is 0. The molecule has 4 rings (SSSR count). The van der Waals surface area contributed by atoms with Crippen molar-refractivity contribution in [2.45, 2.75) is 30.4 Å². The molecule has 0 bridgehead atoms. The Balaban J connectivity index is 1.25. The van der Waals surface area contributed by atoms with Crippen LogP contribution < -0.4 is 5.32 Å². The molecule has 0 radical (unpaired) electrons. The smallest absolute Gasteiger partial charge is 0.273 e. The first-order chi connectivity index (χ1) is 13.8. The maximum absolute atomic E-state index is 12.6. The molecule has 2 aromatic rings. The summed E-state index contributed by atoms with van der Waals surface area (Å²) in [6.45, 7) is 9.70. The number of benzene rings is 1. The Bertz CT molecular complexity index is 814. The number of amides is 1. The van der Waals surface area contributed by atoms with Gasteiger partial charge in [0, 0.05) is 54.5 Å².